The van der Waals surface area contributed by atoms with E-state index in [2.05, 4.69) is 16.0 Å². The Morgan fingerprint density at radius 3 is 2.89 bits per heavy atom. The number of rotatable bonds is 2. The standard InChI is InChI=1S/C12H12N4O2/c13-5-8-3-1-2-4-9(8)16-12(18)10-6-15-11(17)7-14-10/h1-4,10,14H,6-7H2,(H,15,17)(H,16,18). The summed E-state index contributed by atoms with van der Waals surface area (Å²) in [7, 11) is 0. The quantitative estimate of drug-likeness (QED) is 0.659. The molecular formula is C12H12N4O2. The Morgan fingerprint density at radius 1 is 1.44 bits per heavy atom. The number of anilines is 1. The zero-order chi connectivity index (χ0) is 13.0. The van der Waals surface area contributed by atoms with E-state index < -0.39 is 6.04 Å². The van der Waals surface area contributed by atoms with Gasteiger partial charge in [0.2, 0.25) is 11.8 Å². The molecule has 1 aromatic rings. The van der Waals surface area contributed by atoms with Gasteiger partial charge in [0.05, 0.1) is 17.8 Å². The summed E-state index contributed by atoms with van der Waals surface area (Å²) in [5, 5.41) is 17.0. The minimum absolute atomic E-state index is 0.123. The average Bonchev–Trinajstić information content (AvgIpc) is 2.40. The molecule has 0 aliphatic carbocycles. The Kier molecular flexibility index (Phi) is 3.55. The van der Waals surface area contributed by atoms with E-state index in [1.54, 1.807) is 24.3 Å². The number of amides is 2. The molecule has 2 rings (SSSR count). The Labute approximate surface area is 104 Å². The number of piperazine rings is 1. The molecule has 1 fully saturated rings. The number of hydrogen-bond acceptors (Lipinski definition) is 4. The van der Waals surface area contributed by atoms with E-state index in [-0.39, 0.29) is 24.9 Å². The lowest BCUT2D eigenvalue weighted by molar-refractivity contribution is -0.124. The van der Waals surface area contributed by atoms with E-state index in [1.807, 2.05) is 6.07 Å². The van der Waals surface area contributed by atoms with Crippen molar-refractivity contribution in [2.45, 2.75) is 6.04 Å². The molecule has 0 bridgehead atoms. The number of carbonyl (C=O) groups is 2. The zero-order valence-corrected chi connectivity index (χ0v) is 9.56. The number of carbonyl (C=O) groups excluding carboxylic acids is 2. The summed E-state index contributed by atoms with van der Waals surface area (Å²) in [6, 6.07) is 8.30. The summed E-state index contributed by atoms with van der Waals surface area (Å²) in [6.07, 6.45) is 0. The van der Waals surface area contributed by atoms with Crippen molar-refractivity contribution in [3.05, 3.63) is 29.8 Å². The number of nitrogens with zero attached hydrogens (tertiary/aromatic N) is 1. The highest BCUT2D eigenvalue weighted by Crippen LogP contribution is 2.13. The van der Waals surface area contributed by atoms with Gasteiger partial charge in [0, 0.05) is 6.54 Å². The van der Waals surface area contributed by atoms with Gasteiger partial charge < -0.3 is 10.6 Å². The Bertz CT molecular complexity index is 511. The predicted molar refractivity (Wildman–Crippen MR) is 64.6 cm³/mol. The number of benzene rings is 1. The van der Waals surface area contributed by atoms with Crippen LogP contribution in [0.2, 0.25) is 0 Å². The lowest BCUT2D eigenvalue weighted by atomic mass is 10.1. The van der Waals surface area contributed by atoms with Gasteiger partial charge in [-0.3, -0.25) is 14.9 Å². The largest absolute Gasteiger partial charge is 0.353 e. The fraction of sp³-hybridized carbons (Fsp3) is 0.250. The van der Waals surface area contributed by atoms with E-state index in [1.165, 1.54) is 0 Å². The molecule has 1 saturated heterocycles. The first kappa shape index (κ1) is 12.1. The number of para-hydroxylation sites is 1. The molecule has 3 N–H and O–H groups in total. The fourth-order valence-corrected chi connectivity index (χ4v) is 1.66. The first-order chi connectivity index (χ1) is 8.70. The van der Waals surface area contributed by atoms with Crippen LogP contribution in [0.4, 0.5) is 5.69 Å². The normalized spacial score (nSPS) is 18.6. The summed E-state index contributed by atoms with van der Waals surface area (Å²) < 4.78 is 0. The van der Waals surface area contributed by atoms with Gasteiger partial charge in [-0.25, -0.2) is 0 Å². The Morgan fingerprint density at radius 2 is 2.22 bits per heavy atom. The van der Waals surface area contributed by atoms with Crippen LogP contribution in [-0.4, -0.2) is 30.9 Å². The molecule has 6 heteroatoms. The highest BCUT2D eigenvalue weighted by atomic mass is 16.2. The summed E-state index contributed by atoms with van der Waals surface area (Å²) in [4.78, 5) is 22.8. The molecule has 0 spiro atoms. The minimum Gasteiger partial charge on any atom is -0.353 e. The van der Waals surface area contributed by atoms with Crippen LogP contribution in [0.1, 0.15) is 5.56 Å². The smallest absolute Gasteiger partial charge is 0.243 e. The molecule has 0 aromatic heterocycles. The van der Waals surface area contributed by atoms with Crippen molar-refractivity contribution < 1.29 is 9.59 Å². The number of nitrogens with one attached hydrogen (secondary N) is 3. The molecule has 1 aromatic carbocycles. The molecule has 2 amide bonds. The molecule has 1 atom stereocenters. The van der Waals surface area contributed by atoms with Crippen LogP contribution in [0.5, 0.6) is 0 Å². The van der Waals surface area contributed by atoms with Crippen LogP contribution in [0.15, 0.2) is 24.3 Å². The molecule has 1 heterocycles. The molecule has 18 heavy (non-hydrogen) atoms. The van der Waals surface area contributed by atoms with Gasteiger partial charge in [0.1, 0.15) is 12.1 Å². The molecule has 92 valence electrons. The van der Waals surface area contributed by atoms with Gasteiger partial charge in [-0.2, -0.15) is 5.26 Å². The monoisotopic (exact) mass is 244 g/mol. The molecule has 6 nitrogen and oxygen atoms in total. The van der Waals surface area contributed by atoms with Crippen LogP contribution < -0.4 is 16.0 Å². The molecule has 0 saturated carbocycles. The van der Waals surface area contributed by atoms with Crippen LogP contribution in [-0.2, 0) is 9.59 Å². The molecule has 1 unspecified atom stereocenters. The first-order valence-electron chi connectivity index (χ1n) is 5.51. The third-order valence-electron chi connectivity index (χ3n) is 2.63. The summed E-state index contributed by atoms with van der Waals surface area (Å²) >= 11 is 0. The number of hydrogen-bond donors (Lipinski definition) is 3. The molecule has 0 radical (unpaired) electrons. The van der Waals surface area contributed by atoms with Gasteiger partial charge in [0.25, 0.3) is 0 Å². The van der Waals surface area contributed by atoms with Crippen molar-refractivity contribution in [3.8, 4) is 6.07 Å². The van der Waals surface area contributed by atoms with Crippen molar-refractivity contribution in [3.63, 3.8) is 0 Å². The average molecular weight is 244 g/mol. The van der Waals surface area contributed by atoms with E-state index in [9.17, 15) is 9.59 Å². The summed E-state index contributed by atoms with van der Waals surface area (Å²) in [5.41, 5.74) is 0.884. The lowest BCUT2D eigenvalue weighted by Gasteiger charge is -2.23. The second-order valence-electron chi connectivity index (χ2n) is 3.88. The van der Waals surface area contributed by atoms with Gasteiger partial charge in [-0.1, -0.05) is 12.1 Å². The molecular weight excluding hydrogens is 232 g/mol. The van der Waals surface area contributed by atoms with Crippen molar-refractivity contribution in [2.75, 3.05) is 18.4 Å². The maximum Gasteiger partial charge on any atom is 0.243 e. The van der Waals surface area contributed by atoms with Crippen LogP contribution in [0.3, 0.4) is 0 Å². The SMILES string of the molecule is N#Cc1ccccc1NC(=O)C1CNC(=O)CN1. The third kappa shape index (κ3) is 2.64. The van der Waals surface area contributed by atoms with Gasteiger partial charge >= 0.3 is 0 Å². The summed E-state index contributed by atoms with van der Waals surface area (Å²) in [5.74, 6) is -0.394. The van der Waals surface area contributed by atoms with Gasteiger partial charge in [0.15, 0.2) is 0 Å². The molecule has 1 aliphatic heterocycles. The van der Waals surface area contributed by atoms with Crippen molar-refractivity contribution in [2.24, 2.45) is 0 Å². The third-order valence-corrected chi connectivity index (χ3v) is 2.63. The minimum atomic E-state index is -0.477. The van der Waals surface area contributed by atoms with Crippen molar-refractivity contribution in [1.82, 2.24) is 10.6 Å². The molecule has 1 aliphatic rings. The van der Waals surface area contributed by atoms with Gasteiger partial charge in [-0.15, -0.1) is 0 Å². The van der Waals surface area contributed by atoms with Crippen molar-refractivity contribution >= 4 is 17.5 Å². The Hall–Kier alpha value is -2.39. The second kappa shape index (κ2) is 5.29. The topological polar surface area (TPSA) is 94.0 Å². The summed E-state index contributed by atoms with van der Waals surface area (Å²) in [6.45, 7) is 0.372. The maximum atomic E-state index is 11.9. The van der Waals surface area contributed by atoms with Crippen LogP contribution in [0.25, 0.3) is 0 Å². The zero-order valence-electron chi connectivity index (χ0n) is 9.56. The lowest BCUT2D eigenvalue weighted by Crippen LogP contribution is -2.56. The van der Waals surface area contributed by atoms with E-state index >= 15 is 0 Å². The second-order valence-corrected chi connectivity index (χ2v) is 3.88. The predicted octanol–water partition coefficient (Wildman–Crippen LogP) is -0.415. The van der Waals surface area contributed by atoms with E-state index in [4.69, 9.17) is 5.26 Å². The van der Waals surface area contributed by atoms with Gasteiger partial charge in [-0.05, 0) is 12.1 Å². The van der Waals surface area contributed by atoms with E-state index in [0.717, 1.165) is 0 Å². The Balaban J connectivity index is 2.03. The van der Waals surface area contributed by atoms with Crippen LogP contribution >= 0.6 is 0 Å². The maximum absolute atomic E-state index is 11.9. The van der Waals surface area contributed by atoms with E-state index in [0.29, 0.717) is 11.3 Å². The van der Waals surface area contributed by atoms with Crippen molar-refractivity contribution in [1.29, 1.82) is 5.26 Å². The highest BCUT2D eigenvalue weighted by Gasteiger charge is 2.24. The highest BCUT2D eigenvalue weighted by molar-refractivity contribution is 5.97. The first-order valence-corrected chi connectivity index (χ1v) is 5.51. The fourth-order valence-electron chi connectivity index (χ4n) is 1.66. The number of nitriles is 1. The van der Waals surface area contributed by atoms with Crippen LogP contribution in [0, 0.1) is 11.3 Å².